The molecule has 1 aromatic heterocycles. The van der Waals surface area contributed by atoms with Crippen molar-refractivity contribution in [2.75, 3.05) is 13.1 Å². The predicted octanol–water partition coefficient (Wildman–Crippen LogP) is -1.09. The van der Waals surface area contributed by atoms with Crippen molar-refractivity contribution >= 4 is 0 Å². The first-order valence-electron chi connectivity index (χ1n) is 6.76. The molecule has 1 aliphatic rings. The third-order valence-corrected chi connectivity index (χ3v) is 3.61. The van der Waals surface area contributed by atoms with Crippen LogP contribution < -0.4 is 17.3 Å². The maximum absolute atomic E-state index is 5.45. The van der Waals surface area contributed by atoms with Crippen molar-refractivity contribution in [3.05, 3.63) is 42.2 Å². The Morgan fingerprint density at radius 1 is 1.05 bits per heavy atom. The predicted molar refractivity (Wildman–Crippen MR) is 70.2 cm³/mol. The molecule has 1 aliphatic heterocycles. The van der Waals surface area contributed by atoms with Crippen molar-refractivity contribution in [3.8, 4) is 11.3 Å². The van der Waals surface area contributed by atoms with Crippen molar-refractivity contribution in [2.45, 2.75) is 25.8 Å². The highest BCUT2D eigenvalue weighted by Crippen LogP contribution is 2.18. The molecule has 0 saturated carbocycles. The van der Waals surface area contributed by atoms with Crippen molar-refractivity contribution in [3.63, 3.8) is 0 Å². The van der Waals surface area contributed by atoms with Gasteiger partial charge in [-0.3, -0.25) is 0 Å². The Labute approximate surface area is 120 Å². The van der Waals surface area contributed by atoms with Gasteiger partial charge in [0.05, 0.1) is 13.1 Å². The topological polar surface area (TPSA) is 30.5 Å². The first-order valence-corrected chi connectivity index (χ1v) is 6.76. The van der Waals surface area contributed by atoms with E-state index in [4.69, 9.17) is 4.52 Å². The smallest absolute Gasteiger partial charge is 0.191 e. The molecule has 2 heterocycles. The lowest BCUT2D eigenvalue weighted by molar-refractivity contribution is -0.919. The van der Waals surface area contributed by atoms with Gasteiger partial charge in [0.25, 0.3) is 0 Å². The average Bonchev–Trinajstić information content (AvgIpc) is 2.89. The van der Waals surface area contributed by atoms with E-state index in [1.54, 1.807) is 4.90 Å². The zero-order valence-corrected chi connectivity index (χ0v) is 11.7. The number of rotatable bonds is 3. The Hall–Kier alpha value is -1.32. The zero-order chi connectivity index (χ0) is 12.2. The summed E-state index contributed by atoms with van der Waals surface area (Å²) in [6, 6.07) is 12.3. The third kappa shape index (κ3) is 3.58. The molecule has 3 nitrogen and oxygen atoms in total. The lowest BCUT2D eigenvalue weighted by Gasteiger charge is -2.21. The summed E-state index contributed by atoms with van der Waals surface area (Å²) in [7, 11) is 0. The van der Waals surface area contributed by atoms with Crippen LogP contribution in [0.2, 0.25) is 0 Å². The number of likely N-dealkylation sites (tertiary alicyclic amines) is 1. The first-order chi connectivity index (χ1) is 8.92. The Morgan fingerprint density at radius 3 is 2.53 bits per heavy atom. The van der Waals surface area contributed by atoms with Crippen LogP contribution in [-0.4, -0.2) is 18.2 Å². The summed E-state index contributed by atoms with van der Waals surface area (Å²) < 4.78 is 5.45. The molecule has 1 fully saturated rings. The highest BCUT2D eigenvalue weighted by molar-refractivity contribution is 5.58. The zero-order valence-electron chi connectivity index (χ0n) is 10.9. The van der Waals surface area contributed by atoms with Crippen molar-refractivity contribution < 1.29 is 21.8 Å². The fourth-order valence-electron chi connectivity index (χ4n) is 2.62. The first kappa shape index (κ1) is 14.1. The maximum atomic E-state index is 5.45. The monoisotopic (exact) mass is 278 g/mol. The van der Waals surface area contributed by atoms with E-state index in [1.807, 2.05) is 18.2 Å². The number of hydrogen-bond acceptors (Lipinski definition) is 2. The number of nitrogens with zero attached hydrogens (tertiary/aromatic N) is 1. The van der Waals surface area contributed by atoms with E-state index in [-0.39, 0.29) is 12.4 Å². The molecule has 0 radical (unpaired) electrons. The second kappa shape index (κ2) is 6.73. The van der Waals surface area contributed by atoms with Gasteiger partial charge in [-0.1, -0.05) is 35.5 Å². The minimum Gasteiger partial charge on any atom is -1.00 e. The molecule has 102 valence electrons. The van der Waals surface area contributed by atoms with Crippen LogP contribution in [0.5, 0.6) is 0 Å². The molecular formula is C15H19ClN2O. The molecule has 1 aromatic carbocycles. The largest absolute Gasteiger partial charge is 1.00 e. The van der Waals surface area contributed by atoms with Crippen LogP contribution in [0.3, 0.4) is 0 Å². The Bertz CT molecular complexity index is 492. The van der Waals surface area contributed by atoms with Gasteiger partial charge in [-0.15, -0.1) is 0 Å². The Kier molecular flexibility index (Phi) is 5.00. The van der Waals surface area contributed by atoms with Crippen molar-refractivity contribution in [2.24, 2.45) is 0 Å². The molecule has 0 atom stereocenters. The number of piperidine rings is 1. The van der Waals surface area contributed by atoms with Gasteiger partial charge in [-0.25, -0.2) is 0 Å². The summed E-state index contributed by atoms with van der Waals surface area (Å²) >= 11 is 0. The quantitative estimate of drug-likeness (QED) is 0.774. The number of benzene rings is 1. The SMILES string of the molecule is [Cl-].c1ccc(-c2cc(C[NH+]3CCCCC3)on2)cc1. The lowest BCUT2D eigenvalue weighted by Crippen LogP contribution is -3.11. The lowest BCUT2D eigenvalue weighted by atomic mass is 10.1. The Morgan fingerprint density at radius 2 is 1.79 bits per heavy atom. The maximum Gasteiger partial charge on any atom is 0.191 e. The van der Waals surface area contributed by atoms with Crippen LogP contribution in [-0.2, 0) is 6.54 Å². The normalized spacial score (nSPS) is 16.0. The average molecular weight is 279 g/mol. The second-order valence-corrected chi connectivity index (χ2v) is 5.03. The van der Waals surface area contributed by atoms with Gasteiger partial charge < -0.3 is 21.8 Å². The molecule has 0 unspecified atom stereocenters. The minimum atomic E-state index is 0. The van der Waals surface area contributed by atoms with Gasteiger partial charge in [0.15, 0.2) is 5.76 Å². The molecule has 4 heteroatoms. The molecule has 0 bridgehead atoms. The summed E-state index contributed by atoms with van der Waals surface area (Å²) in [6.07, 6.45) is 4.07. The van der Waals surface area contributed by atoms with Gasteiger partial charge >= 0.3 is 0 Å². The highest BCUT2D eigenvalue weighted by atomic mass is 35.5. The van der Waals surface area contributed by atoms with Gasteiger partial charge in [-0.2, -0.15) is 0 Å². The summed E-state index contributed by atoms with van der Waals surface area (Å²) in [4.78, 5) is 1.62. The Balaban J connectivity index is 0.00000133. The van der Waals surface area contributed by atoms with Crippen LogP contribution >= 0.6 is 0 Å². The van der Waals surface area contributed by atoms with Crippen LogP contribution in [0.4, 0.5) is 0 Å². The molecule has 2 aromatic rings. The fourth-order valence-corrected chi connectivity index (χ4v) is 2.62. The summed E-state index contributed by atoms with van der Waals surface area (Å²) in [5, 5.41) is 4.16. The molecule has 19 heavy (non-hydrogen) atoms. The van der Waals surface area contributed by atoms with Crippen molar-refractivity contribution in [1.29, 1.82) is 0 Å². The number of aromatic nitrogens is 1. The van der Waals surface area contributed by atoms with Crippen LogP contribution in [0.25, 0.3) is 11.3 Å². The standard InChI is InChI=1S/C15H18N2O.ClH/c1-3-7-13(8-4-1)15-11-14(18-16-15)12-17-9-5-2-6-10-17;/h1,3-4,7-8,11H,2,5-6,9-10,12H2;1H. The number of hydrogen-bond donors (Lipinski definition) is 1. The molecule has 1 N–H and O–H groups in total. The highest BCUT2D eigenvalue weighted by Gasteiger charge is 2.16. The number of quaternary nitrogens is 1. The molecule has 0 spiro atoms. The van der Waals surface area contributed by atoms with E-state index >= 15 is 0 Å². The van der Waals surface area contributed by atoms with E-state index in [2.05, 4.69) is 23.4 Å². The third-order valence-electron chi connectivity index (χ3n) is 3.61. The minimum absolute atomic E-state index is 0. The summed E-state index contributed by atoms with van der Waals surface area (Å²) in [5.41, 5.74) is 2.07. The van der Waals surface area contributed by atoms with Crippen LogP contribution in [0, 0.1) is 0 Å². The van der Waals surface area contributed by atoms with Crippen LogP contribution in [0.1, 0.15) is 25.0 Å². The van der Waals surface area contributed by atoms with Gasteiger partial charge in [0, 0.05) is 11.6 Å². The van der Waals surface area contributed by atoms with Gasteiger partial charge in [-0.05, 0) is 19.3 Å². The molecule has 0 aliphatic carbocycles. The molecule has 3 rings (SSSR count). The van der Waals surface area contributed by atoms with E-state index in [0.717, 1.165) is 23.6 Å². The van der Waals surface area contributed by atoms with E-state index < -0.39 is 0 Å². The molecular weight excluding hydrogens is 260 g/mol. The number of nitrogens with one attached hydrogen (secondary N) is 1. The van der Waals surface area contributed by atoms with Gasteiger partial charge in [0.2, 0.25) is 0 Å². The van der Waals surface area contributed by atoms with Crippen LogP contribution in [0.15, 0.2) is 40.9 Å². The van der Waals surface area contributed by atoms with E-state index in [0.29, 0.717) is 0 Å². The van der Waals surface area contributed by atoms with E-state index in [1.165, 1.54) is 32.4 Å². The summed E-state index contributed by atoms with van der Waals surface area (Å²) in [6.45, 7) is 3.50. The van der Waals surface area contributed by atoms with Crippen molar-refractivity contribution in [1.82, 2.24) is 5.16 Å². The van der Waals surface area contributed by atoms with E-state index in [9.17, 15) is 0 Å². The molecule has 1 saturated heterocycles. The van der Waals surface area contributed by atoms with Gasteiger partial charge in [0.1, 0.15) is 12.2 Å². The number of halogens is 1. The second-order valence-electron chi connectivity index (χ2n) is 5.03. The summed E-state index contributed by atoms with van der Waals surface area (Å²) in [5.74, 6) is 1.01. The molecule has 0 amide bonds. The fraction of sp³-hybridized carbons (Fsp3) is 0.400.